The zero-order valence-electron chi connectivity index (χ0n) is 11.8. The predicted molar refractivity (Wildman–Crippen MR) is 86.7 cm³/mol. The van der Waals surface area contributed by atoms with Crippen LogP contribution in [0.3, 0.4) is 0 Å². The first-order valence-electron chi connectivity index (χ1n) is 6.02. The third-order valence-corrected chi connectivity index (χ3v) is 5.09. The van der Waals surface area contributed by atoms with Crippen molar-refractivity contribution in [1.29, 1.82) is 0 Å². The lowest BCUT2D eigenvalue weighted by Crippen LogP contribution is -2.20. The Morgan fingerprint density at radius 1 is 0.950 bits per heavy atom. The number of halogens is 4. The maximum atomic E-state index is 11.8. The lowest BCUT2D eigenvalue weighted by atomic mass is 10.2. The van der Waals surface area contributed by atoms with Crippen molar-refractivity contribution in [2.24, 2.45) is 0 Å². The molecule has 20 heavy (non-hydrogen) atoms. The minimum Gasteiger partial charge on any atom is -0.0803 e. The summed E-state index contributed by atoms with van der Waals surface area (Å²) in [5.41, 5.74) is 1.01. The second-order valence-corrected chi connectivity index (χ2v) is 7.36. The van der Waals surface area contributed by atoms with Gasteiger partial charge in [-0.3, -0.25) is 0 Å². The molecule has 0 heterocycles. The average molecular weight is 383 g/mol. The third-order valence-electron chi connectivity index (χ3n) is 2.32. The van der Waals surface area contributed by atoms with E-state index in [4.69, 9.17) is 55.5 Å². The highest BCUT2D eigenvalue weighted by Crippen LogP contribution is 2.47. The SMILES string of the molecule is CC/C=C(\C)C(Cl)(Cl)O[P+](=O)OC(Cl)(Cl)/C(C)=C/CC. The van der Waals surface area contributed by atoms with Gasteiger partial charge in [-0.15, -0.1) is 0 Å². The van der Waals surface area contributed by atoms with E-state index >= 15 is 0 Å². The van der Waals surface area contributed by atoms with E-state index < -0.39 is 17.3 Å². The van der Waals surface area contributed by atoms with E-state index in [0.717, 1.165) is 0 Å². The smallest absolute Gasteiger partial charge is 0.0803 e. The molecule has 116 valence electrons. The standard InChI is InChI=1S/C12H18Cl4O3P/c1-5-7-9(3)11(13,14)18-20(17)19-12(15,16)10(4)8-6-2/h7-8H,5-6H2,1-4H3/q+1/b9-7+,10-8+. The first-order chi connectivity index (χ1) is 9.06. The molecule has 0 aliphatic carbocycles. The maximum absolute atomic E-state index is 11.8. The van der Waals surface area contributed by atoms with Crippen molar-refractivity contribution in [2.75, 3.05) is 0 Å². The highest BCUT2D eigenvalue weighted by Gasteiger charge is 2.46. The molecule has 0 aromatic rings. The molecular formula is C12H18Cl4O3P+. The molecule has 8 heteroatoms. The summed E-state index contributed by atoms with van der Waals surface area (Å²) < 4.78 is 18.2. The molecule has 0 N–H and O–H groups in total. The Kier molecular flexibility index (Phi) is 9.24. The van der Waals surface area contributed by atoms with Crippen molar-refractivity contribution < 1.29 is 13.6 Å². The summed E-state index contributed by atoms with van der Waals surface area (Å²) in [6.07, 6.45) is 4.92. The normalized spacial score (nSPS) is 15.5. The lowest BCUT2D eigenvalue weighted by molar-refractivity contribution is 0.189. The van der Waals surface area contributed by atoms with Crippen LogP contribution < -0.4 is 0 Å². The molecule has 0 aliphatic rings. The van der Waals surface area contributed by atoms with Crippen LogP contribution in [0, 0.1) is 0 Å². The third kappa shape index (κ3) is 7.09. The topological polar surface area (TPSA) is 35.5 Å². The molecule has 0 spiro atoms. The summed E-state index contributed by atoms with van der Waals surface area (Å²) in [4.78, 5) is 0. The predicted octanol–water partition coefficient (Wildman–Crippen LogP) is 6.65. The van der Waals surface area contributed by atoms with Crippen LogP contribution in [0.4, 0.5) is 0 Å². The van der Waals surface area contributed by atoms with Crippen molar-refractivity contribution >= 4 is 54.7 Å². The molecule has 0 unspecified atom stereocenters. The summed E-state index contributed by atoms with van der Waals surface area (Å²) in [6.45, 7) is 7.13. The van der Waals surface area contributed by atoms with E-state index in [0.29, 0.717) is 24.0 Å². The number of alkyl halides is 4. The fourth-order valence-electron chi connectivity index (χ4n) is 1.20. The molecule has 0 radical (unpaired) electrons. The zero-order valence-corrected chi connectivity index (χ0v) is 15.7. The quantitative estimate of drug-likeness (QED) is 0.267. The summed E-state index contributed by atoms with van der Waals surface area (Å²) >= 11 is 23.8. The molecule has 0 rings (SSSR count). The van der Waals surface area contributed by atoms with E-state index in [1.165, 1.54) is 0 Å². The van der Waals surface area contributed by atoms with E-state index in [-0.39, 0.29) is 0 Å². The van der Waals surface area contributed by atoms with Crippen molar-refractivity contribution in [1.82, 2.24) is 0 Å². The highest BCUT2D eigenvalue weighted by atomic mass is 35.5. The second kappa shape index (κ2) is 8.95. The monoisotopic (exact) mass is 381 g/mol. The van der Waals surface area contributed by atoms with Gasteiger partial charge in [-0.2, -0.15) is 0 Å². The molecule has 0 aromatic carbocycles. The van der Waals surface area contributed by atoms with Crippen LogP contribution in [0.2, 0.25) is 0 Å². The molecule has 3 nitrogen and oxygen atoms in total. The van der Waals surface area contributed by atoms with Gasteiger partial charge in [0.15, 0.2) is 0 Å². The van der Waals surface area contributed by atoms with Crippen molar-refractivity contribution in [3.05, 3.63) is 23.3 Å². The summed E-state index contributed by atoms with van der Waals surface area (Å²) in [5.74, 6) is 0. The van der Waals surface area contributed by atoms with Gasteiger partial charge >= 0.3 is 8.25 Å². The fraction of sp³-hybridized carbons (Fsp3) is 0.667. The van der Waals surface area contributed by atoms with E-state index in [1.807, 2.05) is 13.8 Å². The van der Waals surface area contributed by atoms with Crippen LogP contribution in [0.1, 0.15) is 40.5 Å². The van der Waals surface area contributed by atoms with Gasteiger partial charge in [0.1, 0.15) is 0 Å². The van der Waals surface area contributed by atoms with Crippen molar-refractivity contribution in [3.63, 3.8) is 0 Å². The highest BCUT2D eigenvalue weighted by molar-refractivity contribution is 7.33. The van der Waals surface area contributed by atoms with Crippen LogP contribution in [0.25, 0.3) is 0 Å². The van der Waals surface area contributed by atoms with Crippen molar-refractivity contribution in [3.8, 4) is 0 Å². The zero-order chi connectivity index (χ0) is 16.0. The van der Waals surface area contributed by atoms with Gasteiger partial charge in [-0.05, 0) is 37.8 Å². The van der Waals surface area contributed by atoms with Crippen LogP contribution >= 0.6 is 54.7 Å². The van der Waals surface area contributed by atoms with Gasteiger partial charge in [0.05, 0.1) is 0 Å². The van der Waals surface area contributed by atoms with Gasteiger partial charge in [0.2, 0.25) is 0 Å². The molecule has 0 amide bonds. The summed E-state index contributed by atoms with van der Waals surface area (Å²) in [6, 6.07) is 0. The first kappa shape index (κ1) is 20.7. The Labute approximate surface area is 141 Å². The molecule has 0 bridgehead atoms. The average Bonchev–Trinajstić information content (AvgIpc) is 2.27. The van der Waals surface area contributed by atoms with Gasteiger partial charge in [-0.1, -0.05) is 81.5 Å². The molecule has 0 aliphatic heterocycles. The number of hydrogen-bond acceptors (Lipinski definition) is 3. The molecule has 0 aromatic heterocycles. The Morgan fingerprint density at radius 2 is 1.25 bits per heavy atom. The Balaban J connectivity index is 4.80. The number of hydrogen-bond donors (Lipinski definition) is 0. The Bertz CT molecular complexity index is 370. The lowest BCUT2D eigenvalue weighted by Gasteiger charge is -2.16. The summed E-state index contributed by atoms with van der Waals surface area (Å²) in [7, 11) is -2.70. The Hall–Kier alpha value is 0.660. The van der Waals surface area contributed by atoms with Gasteiger partial charge in [-0.25, -0.2) is 0 Å². The minimum absolute atomic E-state index is 0.505. The molecule has 0 saturated carbocycles. The molecule has 0 atom stereocenters. The van der Waals surface area contributed by atoms with Crippen LogP contribution in [0.15, 0.2) is 23.3 Å². The largest absolute Gasteiger partial charge is 0.704 e. The molecular weight excluding hydrogens is 365 g/mol. The van der Waals surface area contributed by atoms with Crippen LogP contribution in [0.5, 0.6) is 0 Å². The van der Waals surface area contributed by atoms with Crippen molar-refractivity contribution in [2.45, 2.75) is 49.6 Å². The minimum atomic E-state index is -2.70. The number of allylic oxidation sites excluding steroid dienone is 2. The number of rotatable bonds is 8. The summed E-state index contributed by atoms with van der Waals surface area (Å²) in [5, 5.41) is 0. The molecule has 0 fully saturated rings. The van der Waals surface area contributed by atoms with Gasteiger partial charge < -0.3 is 0 Å². The first-order valence-corrected chi connectivity index (χ1v) is 8.63. The van der Waals surface area contributed by atoms with Crippen LogP contribution in [-0.4, -0.2) is 9.04 Å². The maximum Gasteiger partial charge on any atom is 0.704 e. The van der Waals surface area contributed by atoms with Crippen LogP contribution in [-0.2, 0) is 13.6 Å². The second-order valence-electron chi connectivity index (χ2n) is 4.03. The van der Waals surface area contributed by atoms with E-state index in [2.05, 4.69) is 0 Å². The molecule has 0 saturated heterocycles. The Morgan fingerprint density at radius 3 is 1.50 bits per heavy atom. The fourth-order valence-corrected chi connectivity index (χ4v) is 2.88. The van der Waals surface area contributed by atoms with E-state index in [9.17, 15) is 4.57 Å². The van der Waals surface area contributed by atoms with E-state index in [1.54, 1.807) is 26.0 Å². The van der Waals surface area contributed by atoms with Gasteiger partial charge in [0.25, 0.3) is 9.04 Å². The van der Waals surface area contributed by atoms with Gasteiger partial charge in [0, 0.05) is 4.57 Å².